The molecule has 0 unspecified atom stereocenters. The fourth-order valence-corrected chi connectivity index (χ4v) is 3.89. The molecule has 0 fully saturated rings. The first-order valence-electron chi connectivity index (χ1n) is 8.37. The van der Waals surface area contributed by atoms with Gasteiger partial charge in [0, 0.05) is 12.1 Å². The van der Waals surface area contributed by atoms with Crippen molar-refractivity contribution in [2.45, 2.75) is 37.7 Å². The first-order valence-corrected chi connectivity index (χ1v) is 10.1. The Labute approximate surface area is 165 Å². The minimum Gasteiger partial charge on any atom is -0.497 e. The number of nitrogens with one attached hydrogen (secondary N) is 1. The standard InChI is InChI=1S/C17H20N6O2S2/c1-5-23-14(12-6-8-13(25-4)9-7-12)20-22-17(23)26-10(2)15(24)18-16-21-19-11(3)27-16/h6-10H,5H2,1-4H3,(H,18,21,24)/t10-/m1/s1. The Bertz CT molecular complexity index is 922. The van der Waals surface area contributed by atoms with Gasteiger partial charge in [-0.25, -0.2) is 0 Å². The summed E-state index contributed by atoms with van der Waals surface area (Å²) in [4.78, 5) is 12.4. The van der Waals surface area contributed by atoms with Crippen molar-refractivity contribution in [2.75, 3.05) is 12.4 Å². The van der Waals surface area contributed by atoms with Crippen LogP contribution in [0.15, 0.2) is 29.4 Å². The first-order chi connectivity index (χ1) is 13.0. The Balaban J connectivity index is 1.74. The van der Waals surface area contributed by atoms with E-state index in [2.05, 4.69) is 25.7 Å². The maximum atomic E-state index is 12.4. The molecule has 0 saturated heterocycles. The zero-order valence-electron chi connectivity index (χ0n) is 15.5. The predicted molar refractivity (Wildman–Crippen MR) is 106 cm³/mol. The lowest BCUT2D eigenvalue weighted by Gasteiger charge is -2.11. The van der Waals surface area contributed by atoms with Crippen LogP contribution in [0.3, 0.4) is 0 Å². The van der Waals surface area contributed by atoms with Gasteiger partial charge in [-0.3, -0.25) is 10.1 Å². The molecule has 1 atom stereocenters. The van der Waals surface area contributed by atoms with Crippen LogP contribution in [0.4, 0.5) is 5.13 Å². The largest absolute Gasteiger partial charge is 0.497 e. The third-order valence-corrected chi connectivity index (χ3v) is 5.62. The highest BCUT2D eigenvalue weighted by molar-refractivity contribution is 8.00. The summed E-state index contributed by atoms with van der Waals surface area (Å²) in [5.41, 5.74) is 0.943. The van der Waals surface area contributed by atoms with Crippen molar-refractivity contribution in [2.24, 2.45) is 0 Å². The molecule has 2 aromatic heterocycles. The molecule has 142 valence electrons. The summed E-state index contributed by atoms with van der Waals surface area (Å²) < 4.78 is 7.19. The van der Waals surface area contributed by atoms with Crippen LogP contribution in [0.25, 0.3) is 11.4 Å². The van der Waals surface area contributed by atoms with E-state index in [1.807, 2.05) is 49.6 Å². The zero-order chi connectivity index (χ0) is 19.4. The van der Waals surface area contributed by atoms with Crippen LogP contribution in [0.1, 0.15) is 18.9 Å². The summed E-state index contributed by atoms with van der Waals surface area (Å²) in [6.45, 7) is 6.39. The SMILES string of the molecule is CCn1c(S[C@H](C)C(=O)Nc2nnc(C)s2)nnc1-c1ccc(OC)cc1. The summed E-state index contributed by atoms with van der Waals surface area (Å²) in [7, 11) is 1.63. The van der Waals surface area contributed by atoms with E-state index in [0.29, 0.717) is 16.8 Å². The van der Waals surface area contributed by atoms with Crippen molar-refractivity contribution in [3.05, 3.63) is 29.3 Å². The Morgan fingerprint density at radius 3 is 2.59 bits per heavy atom. The van der Waals surface area contributed by atoms with Crippen LogP contribution in [0, 0.1) is 6.92 Å². The minimum absolute atomic E-state index is 0.146. The molecule has 10 heteroatoms. The molecule has 1 N–H and O–H groups in total. The summed E-state index contributed by atoms with van der Waals surface area (Å²) in [5, 5.41) is 20.8. The van der Waals surface area contributed by atoms with Crippen molar-refractivity contribution >= 4 is 34.1 Å². The monoisotopic (exact) mass is 404 g/mol. The van der Waals surface area contributed by atoms with Crippen LogP contribution >= 0.6 is 23.1 Å². The molecule has 3 aromatic rings. The van der Waals surface area contributed by atoms with Gasteiger partial charge >= 0.3 is 0 Å². The number of methoxy groups -OCH3 is 1. The van der Waals surface area contributed by atoms with Gasteiger partial charge in [-0.05, 0) is 45.0 Å². The third kappa shape index (κ3) is 4.45. The molecular weight excluding hydrogens is 384 g/mol. The number of hydrogen-bond acceptors (Lipinski definition) is 8. The Morgan fingerprint density at radius 2 is 2.00 bits per heavy atom. The fraction of sp³-hybridized carbons (Fsp3) is 0.353. The second-order valence-corrected chi connectivity index (χ2v) is 8.14. The fourth-order valence-electron chi connectivity index (χ4n) is 2.38. The molecule has 0 aliphatic carbocycles. The van der Waals surface area contributed by atoms with Crippen molar-refractivity contribution < 1.29 is 9.53 Å². The number of thioether (sulfide) groups is 1. The van der Waals surface area contributed by atoms with E-state index in [1.165, 1.54) is 23.1 Å². The van der Waals surface area contributed by atoms with Gasteiger partial charge in [0.05, 0.1) is 12.4 Å². The molecule has 0 bridgehead atoms. The molecule has 0 spiro atoms. The quantitative estimate of drug-likeness (QED) is 0.604. The molecule has 0 saturated carbocycles. The number of carbonyl (C=O) groups excluding carboxylic acids is 1. The van der Waals surface area contributed by atoms with Gasteiger partial charge in [0.15, 0.2) is 11.0 Å². The van der Waals surface area contributed by atoms with E-state index < -0.39 is 0 Å². The van der Waals surface area contributed by atoms with Gasteiger partial charge in [-0.1, -0.05) is 23.1 Å². The molecule has 2 heterocycles. The van der Waals surface area contributed by atoms with Crippen molar-refractivity contribution in [3.63, 3.8) is 0 Å². The van der Waals surface area contributed by atoms with E-state index in [0.717, 1.165) is 22.1 Å². The third-order valence-electron chi connectivity index (χ3n) is 3.79. The number of amides is 1. The van der Waals surface area contributed by atoms with Crippen molar-refractivity contribution in [1.29, 1.82) is 0 Å². The summed E-state index contributed by atoms with van der Waals surface area (Å²) in [5.74, 6) is 1.40. The lowest BCUT2D eigenvalue weighted by atomic mass is 10.2. The van der Waals surface area contributed by atoms with E-state index in [9.17, 15) is 4.79 Å². The highest BCUT2D eigenvalue weighted by Gasteiger charge is 2.21. The number of ether oxygens (including phenoxy) is 1. The highest BCUT2D eigenvalue weighted by atomic mass is 32.2. The van der Waals surface area contributed by atoms with Gasteiger partial charge in [-0.2, -0.15) is 0 Å². The van der Waals surface area contributed by atoms with Crippen LogP contribution in [0.2, 0.25) is 0 Å². The number of aromatic nitrogens is 5. The second-order valence-electron chi connectivity index (χ2n) is 5.65. The van der Waals surface area contributed by atoms with Gasteiger partial charge in [0.2, 0.25) is 11.0 Å². The number of anilines is 1. The number of carbonyl (C=O) groups is 1. The highest BCUT2D eigenvalue weighted by Crippen LogP contribution is 2.28. The summed E-state index contributed by atoms with van der Waals surface area (Å²) in [6, 6.07) is 7.66. The zero-order valence-corrected chi connectivity index (χ0v) is 17.1. The number of benzene rings is 1. The number of aryl methyl sites for hydroxylation is 1. The van der Waals surface area contributed by atoms with Crippen LogP contribution < -0.4 is 10.1 Å². The molecule has 1 aromatic carbocycles. The lowest BCUT2D eigenvalue weighted by Crippen LogP contribution is -2.22. The Kier molecular flexibility index (Phi) is 6.07. The second kappa shape index (κ2) is 8.49. The minimum atomic E-state index is -0.354. The molecule has 1 amide bonds. The average molecular weight is 405 g/mol. The average Bonchev–Trinajstić information content (AvgIpc) is 3.27. The normalized spacial score (nSPS) is 12.0. The van der Waals surface area contributed by atoms with E-state index >= 15 is 0 Å². The molecule has 0 aliphatic heterocycles. The van der Waals surface area contributed by atoms with Crippen LogP contribution in [-0.2, 0) is 11.3 Å². The van der Waals surface area contributed by atoms with Gasteiger partial charge in [-0.15, -0.1) is 20.4 Å². The van der Waals surface area contributed by atoms with Crippen LogP contribution in [-0.4, -0.2) is 43.2 Å². The first kappa shape index (κ1) is 19.3. The maximum Gasteiger partial charge on any atom is 0.239 e. The molecule has 27 heavy (non-hydrogen) atoms. The predicted octanol–water partition coefficient (Wildman–Crippen LogP) is 3.25. The Hall–Kier alpha value is -2.46. The molecule has 0 aliphatic rings. The smallest absolute Gasteiger partial charge is 0.239 e. The molecule has 8 nitrogen and oxygen atoms in total. The Morgan fingerprint density at radius 1 is 1.26 bits per heavy atom. The number of nitrogens with zero attached hydrogens (tertiary/aromatic N) is 5. The summed E-state index contributed by atoms with van der Waals surface area (Å²) >= 11 is 2.71. The van der Waals surface area contributed by atoms with E-state index in [1.54, 1.807) is 7.11 Å². The van der Waals surface area contributed by atoms with Crippen molar-refractivity contribution in [1.82, 2.24) is 25.0 Å². The van der Waals surface area contributed by atoms with Gasteiger partial charge < -0.3 is 9.30 Å². The van der Waals surface area contributed by atoms with Gasteiger partial charge in [0.1, 0.15) is 10.8 Å². The summed E-state index contributed by atoms with van der Waals surface area (Å²) in [6.07, 6.45) is 0. The molecule has 0 radical (unpaired) electrons. The maximum absolute atomic E-state index is 12.4. The van der Waals surface area contributed by atoms with Crippen molar-refractivity contribution in [3.8, 4) is 17.1 Å². The van der Waals surface area contributed by atoms with E-state index in [-0.39, 0.29) is 11.2 Å². The lowest BCUT2D eigenvalue weighted by molar-refractivity contribution is -0.115. The van der Waals surface area contributed by atoms with Crippen LogP contribution in [0.5, 0.6) is 5.75 Å². The number of hydrogen-bond donors (Lipinski definition) is 1. The number of rotatable bonds is 7. The van der Waals surface area contributed by atoms with Gasteiger partial charge in [0.25, 0.3) is 0 Å². The molecule has 3 rings (SSSR count). The van der Waals surface area contributed by atoms with E-state index in [4.69, 9.17) is 4.74 Å². The molecular formula is C17H20N6O2S2. The topological polar surface area (TPSA) is 94.8 Å².